The van der Waals surface area contributed by atoms with Crippen molar-refractivity contribution < 1.29 is 4.39 Å². The number of pyridine rings is 1. The van der Waals surface area contributed by atoms with E-state index in [0.717, 1.165) is 18.0 Å². The molecule has 0 amide bonds. The molecule has 3 heteroatoms. The SMILES string of the molecule is CCC(Nc1ccnc(F)c1)C1CCCCC1. The highest BCUT2D eigenvalue weighted by molar-refractivity contribution is 5.42. The highest BCUT2D eigenvalue weighted by Gasteiger charge is 2.22. The van der Waals surface area contributed by atoms with Crippen molar-refractivity contribution in [1.29, 1.82) is 0 Å². The smallest absolute Gasteiger partial charge is 0.214 e. The van der Waals surface area contributed by atoms with Crippen molar-refractivity contribution in [2.75, 3.05) is 5.32 Å². The minimum absolute atomic E-state index is 0.409. The van der Waals surface area contributed by atoms with E-state index in [1.54, 1.807) is 0 Å². The zero-order valence-corrected chi connectivity index (χ0v) is 10.5. The highest BCUT2D eigenvalue weighted by Crippen LogP contribution is 2.29. The van der Waals surface area contributed by atoms with Crippen molar-refractivity contribution in [3.05, 3.63) is 24.3 Å². The van der Waals surface area contributed by atoms with Crippen LogP contribution in [0.3, 0.4) is 0 Å². The van der Waals surface area contributed by atoms with Gasteiger partial charge in [-0.05, 0) is 31.2 Å². The first kappa shape index (κ1) is 12.3. The van der Waals surface area contributed by atoms with Gasteiger partial charge in [-0.1, -0.05) is 26.2 Å². The Morgan fingerprint density at radius 2 is 2.18 bits per heavy atom. The van der Waals surface area contributed by atoms with Gasteiger partial charge in [0, 0.05) is 24.0 Å². The number of aromatic nitrogens is 1. The third-order valence-electron chi connectivity index (χ3n) is 3.74. The van der Waals surface area contributed by atoms with Crippen molar-refractivity contribution in [2.24, 2.45) is 5.92 Å². The van der Waals surface area contributed by atoms with Crippen molar-refractivity contribution in [1.82, 2.24) is 4.98 Å². The number of hydrogen-bond donors (Lipinski definition) is 1. The number of rotatable bonds is 4. The number of halogens is 1. The fourth-order valence-electron chi connectivity index (χ4n) is 2.80. The van der Waals surface area contributed by atoms with Gasteiger partial charge in [-0.25, -0.2) is 4.98 Å². The molecule has 1 aliphatic carbocycles. The van der Waals surface area contributed by atoms with Crippen LogP contribution < -0.4 is 5.32 Å². The molecule has 0 bridgehead atoms. The van der Waals surface area contributed by atoms with E-state index in [1.165, 1.54) is 44.4 Å². The van der Waals surface area contributed by atoms with E-state index in [1.807, 2.05) is 6.07 Å². The second kappa shape index (κ2) is 5.99. The van der Waals surface area contributed by atoms with Crippen molar-refractivity contribution >= 4 is 5.69 Å². The molecule has 1 unspecified atom stereocenters. The minimum atomic E-state index is -0.409. The predicted octanol–water partition coefficient (Wildman–Crippen LogP) is 3.99. The maximum atomic E-state index is 13.0. The van der Waals surface area contributed by atoms with Crippen LogP contribution in [0.15, 0.2) is 18.3 Å². The summed E-state index contributed by atoms with van der Waals surface area (Å²) < 4.78 is 13.0. The molecule has 0 spiro atoms. The topological polar surface area (TPSA) is 24.9 Å². The molecule has 1 saturated carbocycles. The van der Waals surface area contributed by atoms with Crippen molar-refractivity contribution in [2.45, 2.75) is 51.5 Å². The molecule has 0 saturated heterocycles. The summed E-state index contributed by atoms with van der Waals surface area (Å²) in [6, 6.07) is 3.79. The Hall–Kier alpha value is -1.12. The van der Waals surface area contributed by atoms with Gasteiger partial charge in [0.1, 0.15) is 0 Å². The Bertz CT molecular complexity index is 348. The van der Waals surface area contributed by atoms with Crippen LogP contribution in [-0.4, -0.2) is 11.0 Å². The first-order valence-corrected chi connectivity index (χ1v) is 6.67. The van der Waals surface area contributed by atoms with Gasteiger partial charge in [-0.15, -0.1) is 0 Å². The van der Waals surface area contributed by atoms with Crippen LogP contribution in [0.1, 0.15) is 45.4 Å². The molecule has 2 nitrogen and oxygen atoms in total. The van der Waals surface area contributed by atoms with E-state index in [2.05, 4.69) is 17.2 Å². The van der Waals surface area contributed by atoms with Gasteiger partial charge in [0.15, 0.2) is 0 Å². The standard InChI is InChI=1S/C14H21FN2/c1-2-13(11-6-4-3-5-7-11)17-12-8-9-16-14(15)10-12/h8-11,13H,2-7H2,1H3,(H,16,17). The molecule has 0 radical (unpaired) electrons. The maximum Gasteiger partial charge on any atom is 0.214 e. The Balaban J connectivity index is 1.98. The van der Waals surface area contributed by atoms with Crippen LogP contribution in [-0.2, 0) is 0 Å². The molecule has 0 aliphatic heterocycles. The largest absolute Gasteiger partial charge is 0.382 e. The monoisotopic (exact) mass is 236 g/mol. The lowest BCUT2D eigenvalue weighted by molar-refractivity contribution is 0.313. The lowest BCUT2D eigenvalue weighted by Gasteiger charge is -2.31. The second-order valence-corrected chi connectivity index (χ2v) is 4.92. The van der Waals surface area contributed by atoms with Crippen LogP contribution in [0.25, 0.3) is 0 Å². The average Bonchev–Trinajstić information content (AvgIpc) is 2.37. The summed E-state index contributed by atoms with van der Waals surface area (Å²) >= 11 is 0. The summed E-state index contributed by atoms with van der Waals surface area (Å²) in [5, 5.41) is 3.46. The van der Waals surface area contributed by atoms with Gasteiger partial charge in [0.05, 0.1) is 0 Å². The van der Waals surface area contributed by atoms with E-state index < -0.39 is 5.95 Å². The fraction of sp³-hybridized carbons (Fsp3) is 0.643. The van der Waals surface area contributed by atoms with Crippen LogP contribution in [0.4, 0.5) is 10.1 Å². The lowest BCUT2D eigenvalue weighted by atomic mass is 9.83. The Labute approximate surface area is 103 Å². The average molecular weight is 236 g/mol. The first-order chi connectivity index (χ1) is 8.29. The molecule has 1 aromatic heterocycles. The molecule has 1 N–H and O–H groups in total. The predicted molar refractivity (Wildman–Crippen MR) is 68.5 cm³/mol. The van der Waals surface area contributed by atoms with Crippen LogP contribution in [0.5, 0.6) is 0 Å². The van der Waals surface area contributed by atoms with E-state index in [4.69, 9.17) is 0 Å². The molecule has 1 aromatic rings. The summed E-state index contributed by atoms with van der Waals surface area (Å²) in [5.74, 6) is 0.332. The number of hydrogen-bond acceptors (Lipinski definition) is 2. The molecule has 1 atom stereocenters. The highest BCUT2D eigenvalue weighted by atomic mass is 19.1. The molecule has 17 heavy (non-hydrogen) atoms. The van der Waals surface area contributed by atoms with Crippen molar-refractivity contribution in [3.63, 3.8) is 0 Å². The number of nitrogens with one attached hydrogen (secondary N) is 1. The maximum absolute atomic E-state index is 13.0. The molecule has 1 fully saturated rings. The van der Waals surface area contributed by atoms with E-state index >= 15 is 0 Å². The Kier molecular flexibility index (Phi) is 4.35. The molecular formula is C14H21FN2. The summed E-state index contributed by atoms with van der Waals surface area (Å²) in [4.78, 5) is 3.58. The van der Waals surface area contributed by atoms with Gasteiger partial charge in [-0.2, -0.15) is 4.39 Å². The molecule has 2 rings (SSSR count). The summed E-state index contributed by atoms with van der Waals surface area (Å²) in [7, 11) is 0. The fourth-order valence-corrected chi connectivity index (χ4v) is 2.80. The van der Waals surface area contributed by atoms with Gasteiger partial charge in [0.25, 0.3) is 0 Å². The normalized spacial score (nSPS) is 18.9. The molecule has 1 heterocycles. The summed E-state index contributed by atoms with van der Waals surface area (Å²) in [6.45, 7) is 2.20. The third kappa shape index (κ3) is 3.42. The van der Waals surface area contributed by atoms with Gasteiger partial charge < -0.3 is 5.32 Å². The van der Waals surface area contributed by atoms with Gasteiger partial charge in [-0.3, -0.25) is 0 Å². The van der Waals surface area contributed by atoms with E-state index in [0.29, 0.717) is 6.04 Å². The molecule has 1 aliphatic rings. The van der Waals surface area contributed by atoms with Gasteiger partial charge >= 0.3 is 0 Å². The van der Waals surface area contributed by atoms with Crippen LogP contribution in [0.2, 0.25) is 0 Å². The quantitative estimate of drug-likeness (QED) is 0.799. The first-order valence-electron chi connectivity index (χ1n) is 6.67. The zero-order valence-electron chi connectivity index (χ0n) is 10.5. The summed E-state index contributed by atoms with van der Waals surface area (Å²) in [5.41, 5.74) is 0.856. The zero-order chi connectivity index (χ0) is 12.1. The lowest BCUT2D eigenvalue weighted by Crippen LogP contribution is -2.30. The Morgan fingerprint density at radius 3 is 2.82 bits per heavy atom. The minimum Gasteiger partial charge on any atom is -0.382 e. The summed E-state index contributed by atoms with van der Waals surface area (Å²) in [6.07, 6.45) is 9.27. The van der Waals surface area contributed by atoms with Gasteiger partial charge in [0.2, 0.25) is 5.95 Å². The number of anilines is 1. The van der Waals surface area contributed by atoms with Crippen LogP contribution >= 0.6 is 0 Å². The molecule has 94 valence electrons. The second-order valence-electron chi connectivity index (χ2n) is 4.92. The third-order valence-corrected chi connectivity index (χ3v) is 3.74. The van der Waals surface area contributed by atoms with Crippen LogP contribution in [0, 0.1) is 11.9 Å². The number of nitrogens with zero attached hydrogens (tertiary/aromatic N) is 1. The molecule has 0 aromatic carbocycles. The van der Waals surface area contributed by atoms with Crippen molar-refractivity contribution in [3.8, 4) is 0 Å². The Morgan fingerprint density at radius 1 is 1.41 bits per heavy atom. The van der Waals surface area contributed by atoms with E-state index in [-0.39, 0.29) is 0 Å². The molecular weight excluding hydrogens is 215 g/mol. The van der Waals surface area contributed by atoms with E-state index in [9.17, 15) is 4.39 Å².